The first-order valence-electron chi connectivity index (χ1n) is 4.73. The Hall–Kier alpha value is -2.55. The standard InChI is InChI=1S/C9H7N5O3S/c15-6-13(9-11-10-5-18-9)12-7-3-1-2-4-8(7)14(16)17/h1-6,12H. The van der Waals surface area contributed by atoms with Gasteiger partial charge in [-0.25, -0.2) is 0 Å². The molecule has 0 spiro atoms. The first-order valence-corrected chi connectivity index (χ1v) is 5.61. The molecule has 1 aromatic carbocycles. The van der Waals surface area contributed by atoms with Gasteiger partial charge in [0.2, 0.25) is 11.5 Å². The van der Waals surface area contributed by atoms with E-state index in [1.54, 1.807) is 12.1 Å². The molecule has 0 saturated carbocycles. The van der Waals surface area contributed by atoms with Crippen molar-refractivity contribution >= 4 is 34.3 Å². The average Bonchev–Trinajstić information content (AvgIpc) is 2.90. The van der Waals surface area contributed by atoms with Gasteiger partial charge in [0.1, 0.15) is 11.2 Å². The van der Waals surface area contributed by atoms with Crippen LogP contribution < -0.4 is 10.4 Å². The number of nitrogens with one attached hydrogen (secondary N) is 1. The second-order valence-electron chi connectivity index (χ2n) is 3.08. The van der Waals surface area contributed by atoms with Crippen molar-refractivity contribution in [3.63, 3.8) is 0 Å². The van der Waals surface area contributed by atoms with Crippen molar-refractivity contribution in [3.8, 4) is 0 Å². The number of hydrogen-bond acceptors (Lipinski definition) is 7. The van der Waals surface area contributed by atoms with Crippen LogP contribution in [0.2, 0.25) is 0 Å². The molecule has 2 aromatic rings. The van der Waals surface area contributed by atoms with E-state index in [0.717, 1.165) is 16.3 Å². The number of benzene rings is 1. The molecule has 92 valence electrons. The van der Waals surface area contributed by atoms with Crippen molar-refractivity contribution in [2.24, 2.45) is 0 Å². The third-order valence-electron chi connectivity index (χ3n) is 2.00. The molecule has 18 heavy (non-hydrogen) atoms. The summed E-state index contributed by atoms with van der Waals surface area (Å²) in [6.07, 6.45) is 0.469. The first-order chi connectivity index (χ1) is 8.72. The normalized spacial score (nSPS) is 9.78. The van der Waals surface area contributed by atoms with Crippen molar-refractivity contribution in [1.29, 1.82) is 0 Å². The number of anilines is 2. The lowest BCUT2D eigenvalue weighted by Gasteiger charge is -2.15. The van der Waals surface area contributed by atoms with E-state index in [4.69, 9.17) is 0 Å². The fourth-order valence-electron chi connectivity index (χ4n) is 1.25. The molecule has 0 aliphatic heterocycles. The van der Waals surface area contributed by atoms with Crippen LogP contribution in [0.4, 0.5) is 16.5 Å². The Kier molecular flexibility index (Phi) is 3.44. The average molecular weight is 265 g/mol. The smallest absolute Gasteiger partial charge is 0.283 e. The van der Waals surface area contributed by atoms with E-state index in [9.17, 15) is 14.9 Å². The fourth-order valence-corrected chi connectivity index (χ4v) is 1.73. The third kappa shape index (κ3) is 2.40. The van der Waals surface area contributed by atoms with Crippen LogP contribution in [0.1, 0.15) is 0 Å². The van der Waals surface area contributed by atoms with Crippen LogP contribution in [0.15, 0.2) is 29.8 Å². The lowest BCUT2D eigenvalue weighted by atomic mass is 10.3. The van der Waals surface area contributed by atoms with Gasteiger partial charge in [0.15, 0.2) is 0 Å². The van der Waals surface area contributed by atoms with Gasteiger partial charge in [-0.15, -0.1) is 10.2 Å². The maximum atomic E-state index is 10.9. The minimum atomic E-state index is -0.536. The van der Waals surface area contributed by atoms with E-state index in [1.807, 2.05) is 0 Å². The number of hydrazine groups is 1. The molecular formula is C9H7N5O3S. The Morgan fingerprint density at radius 1 is 1.44 bits per heavy atom. The molecule has 1 heterocycles. The highest BCUT2D eigenvalue weighted by Crippen LogP contribution is 2.25. The highest BCUT2D eigenvalue weighted by Gasteiger charge is 2.16. The van der Waals surface area contributed by atoms with Crippen molar-refractivity contribution in [2.45, 2.75) is 0 Å². The van der Waals surface area contributed by atoms with Crippen LogP contribution in [0, 0.1) is 10.1 Å². The van der Waals surface area contributed by atoms with E-state index in [1.165, 1.54) is 17.6 Å². The molecule has 0 atom stereocenters. The summed E-state index contributed by atoms with van der Waals surface area (Å²) in [5.74, 6) is 0. The SMILES string of the molecule is O=CN(Nc1ccccc1[N+](=O)[O-])c1nncs1. The van der Waals surface area contributed by atoms with E-state index >= 15 is 0 Å². The van der Waals surface area contributed by atoms with Gasteiger partial charge in [0.05, 0.1) is 4.92 Å². The summed E-state index contributed by atoms with van der Waals surface area (Å²) in [6, 6.07) is 6.00. The number of carbonyl (C=O) groups excluding carboxylic acids is 1. The summed E-state index contributed by atoms with van der Waals surface area (Å²) in [5.41, 5.74) is 4.13. The van der Waals surface area contributed by atoms with Gasteiger partial charge in [-0.2, -0.15) is 5.01 Å². The zero-order valence-electron chi connectivity index (χ0n) is 8.89. The molecule has 1 aromatic heterocycles. The molecule has 0 unspecified atom stereocenters. The van der Waals surface area contributed by atoms with Crippen LogP contribution in [0.25, 0.3) is 0 Å². The van der Waals surface area contributed by atoms with E-state index < -0.39 is 4.92 Å². The van der Waals surface area contributed by atoms with Crippen LogP contribution in [0.3, 0.4) is 0 Å². The fraction of sp³-hybridized carbons (Fsp3) is 0. The Balaban J connectivity index is 2.28. The van der Waals surface area contributed by atoms with Crippen molar-refractivity contribution in [2.75, 3.05) is 10.4 Å². The molecule has 8 nitrogen and oxygen atoms in total. The number of nitro groups is 1. The minimum absolute atomic E-state index is 0.131. The molecule has 0 fully saturated rings. The Bertz CT molecular complexity index is 559. The maximum Gasteiger partial charge on any atom is 0.294 e. The van der Waals surface area contributed by atoms with Gasteiger partial charge in [0.25, 0.3) is 5.69 Å². The maximum absolute atomic E-state index is 10.9. The summed E-state index contributed by atoms with van der Waals surface area (Å²) in [7, 11) is 0. The second kappa shape index (κ2) is 5.19. The van der Waals surface area contributed by atoms with Gasteiger partial charge in [0, 0.05) is 6.07 Å². The van der Waals surface area contributed by atoms with Gasteiger partial charge in [-0.1, -0.05) is 23.5 Å². The van der Waals surface area contributed by atoms with Crippen LogP contribution in [-0.4, -0.2) is 21.5 Å². The number of nitro benzene ring substituents is 1. The van der Waals surface area contributed by atoms with Crippen molar-refractivity contribution in [1.82, 2.24) is 10.2 Å². The van der Waals surface area contributed by atoms with Gasteiger partial charge < -0.3 is 0 Å². The first kappa shape index (κ1) is 11.9. The summed E-state index contributed by atoms with van der Waals surface area (Å²) >= 11 is 1.13. The summed E-state index contributed by atoms with van der Waals surface area (Å²) in [5, 5.41) is 19.4. The summed E-state index contributed by atoms with van der Waals surface area (Å²) in [6.45, 7) is 0. The largest absolute Gasteiger partial charge is 0.294 e. The lowest BCUT2D eigenvalue weighted by molar-refractivity contribution is -0.384. The predicted octanol–water partition coefficient (Wildman–Crippen LogP) is 1.44. The topological polar surface area (TPSA) is 101 Å². The van der Waals surface area contributed by atoms with Crippen LogP contribution >= 0.6 is 11.3 Å². The zero-order valence-corrected chi connectivity index (χ0v) is 9.70. The third-order valence-corrected chi connectivity index (χ3v) is 2.69. The van der Waals surface area contributed by atoms with Gasteiger partial charge >= 0.3 is 0 Å². The van der Waals surface area contributed by atoms with E-state index in [0.29, 0.717) is 11.5 Å². The van der Waals surface area contributed by atoms with Crippen molar-refractivity contribution < 1.29 is 9.72 Å². The minimum Gasteiger partial charge on any atom is -0.283 e. The number of rotatable bonds is 5. The molecule has 1 N–H and O–H groups in total. The Morgan fingerprint density at radius 3 is 2.83 bits per heavy atom. The number of para-hydroxylation sites is 2. The summed E-state index contributed by atoms with van der Waals surface area (Å²) in [4.78, 5) is 21.2. The molecule has 0 saturated heterocycles. The van der Waals surface area contributed by atoms with E-state index in [-0.39, 0.29) is 11.4 Å². The predicted molar refractivity (Wildman–Crippen MR) is 65.2 cm³/mol. The molecule has 0 radical (unpaired) electrons. The molecule has 2 rings (SSSR count). The number of amides is 1. The second-order valence-corrected chi connectivity index (χ2v) is 3.89. The highest BCUT2D eigenvalue weighted by molar-refractivity contribution is 7.13. The summed E-state index contributed by atoms with van der Waals surface area (Å²) < 4.78 is 0. The lowest BCUT2D eigenvalue weighted by Crippen LogP contribution is -2.28. The molecule has 0 bridgehead atoms. The number of aromatic nitrogens is 2. The Labute approximate surface area is 105 Å². The molecule has 0 aliphatic rings. The van der Waals surface area contributed by atoms with Crippen molar-refractivity contribution in [3.05, 3.63) is 39.9 Å². The number of nitrogens with zero attached hydrogens (tertiary/aromatic N) is 4. The molecule has 0 aliphatic carbocycles. The molecule has 9 heteroatoms. The quantitative estimate of drug-likeness (QED) is 0.498. The van der Waals surface area contributed by atoms with Crippen LogP contribution in [-0.2, 0) is 4.79 Å². The monoisotopic (exact) mass is 265 g/mol. The highest BCUT2D eigenvalue weighted by atomic mass is 32.1. The van der Waals surface area contributed by atoms with Crippen LogP contribution in [0.5, 0.6) is 0 Å². The van der Waals surface area contributed by atoms with Gasteiger partial charge in [-0.05, 0) is 6.07 Å². The number of carbonyl (C=O) groups is 1. The van der Waals surface area contributed by atoms with E-state index in [2.05, 4.69) is 15.6 Å². The zero-order chi connectivity index (χ0) is 13.0. The van der Waals surface area contributed by atoms with Gasteiger partial charge in [-0.3, -0.25) is 20.3 Å². The molecule has 1 amide bonds. The Morgan fingerprint density at radius 2 is 2.22 bits per heavy atom. The molecular weight excluding hydrogens is 258 g/mol. The number of hydrogen-bond donors (Lipinski definition) is 1.